The highest BCUT2D eigenvalue weighted by molar-refractivity contribution is 9.10. The number of anilines is 1. The van der Waals surface area contributed by atoms with E-state index in [1.54, 1.807) is 4.68 Å². The van der Waals surface area contributed by atoms with E-state index in [4.69, 9.17) is 9.47 Å². The lowest BCUT2D eigenvalue weighted by atomic mass is 10.0. The number of hydrogen-bond donors (Lipinski definition) is 1. The molecule has 0 bridgehead atoms. The van der Waals surface area contributed by atoms with Gasteiger partial charge in [-0.2, -0.15) is 10.1 Å². The van der Waals surface area contributed by atoms with Crippen molar-refractivity contribution in [1.29, 1.82) is 0 Å². The van der Waals surface area contributed by atoms with Gasteiger partial charge in [0.1, 0.15) is 6.33 Å². The average Bonchev–Trinajstić information content (AvgIpc) is 2.97. The minimum absolute atomic E-state index is 0.0887. The maximum atomic E-state index is 11.9. The van der Waals surface area contributed by atoms with Gasteiger partial charge in [0.05, 0.1) is 25.7 Å². The van der Waals surface area contributed by atoms with Crippen molar-refractivity contribution in [2.45, 2.75) is 26.3 Å². The summed E-state index contributed by atoms with van der Waals surface area (Å²) in [6.07, 6.45) is 1.72. The van der Waals surface area contributed by atoms with E-state index < -0.39 is 0 Å². The van der Waals surface area contributed by atoms with Gasteiger partial charge >= 0.3 is 0 Å². The number of aromatic nitrogens is 3. The number of halogens is 1. The number of nitrogens with one attached hydrogen (secondary N) is 1. The topological polar surface area (TPSA) is 78.3 Å². The third-order valence-electron chi connectivity index (χ3n) is 3.52. The van der Waals surface area contributed by atoms with Crippen molar-refractivity contribution in [1.82, 2.24) is 14.8 Å². The summed E-state index contributed by atoms with van der Waals surface area (Å²) in [7, 11) is 0. The number of ether oxygens (including phenoxy) is 2. The van der Waals surface area contributed by atoms with Crippen LogP contribution in [0.3, 0.4) is 0 Å². The van der Waals surface area contributed by atoms with Crippen LogP contribution in [0.1, 0.15) is 31.9 Å². The zero-order valence-electron chi connectivity index (χ0n) is 12.9. The largest absolute Gasteiger partial charge is 0.490 e. The molecule has 1 atom stereocenters. The molecule has 0 unspecified atom stereocenters. The third kappa shape index (κ3) is 3.03. The first-order valence-electron chi connectivity index (χ1n) is 7.42. The molecule has 122 valence electrons. The highest BCUT2D eigenvalue weighted by Crippen LogP contribution is 2.40. The summed E-state index contributed by atoms with van der Waals surface area (Å²) in [5, 5.41) is 6.93. The van der Waals surface area contributed by atoms with Gasteiger partial charge in [-0.1, -0.05) is 15.9 Å². The molecule has 0 aliphatic carbocycles. The van der Waals surface area contributed by atoms with Crippen molar-refractivity contribution < 1.29 is 14.3 Å². The molecular weight excluding hydrogens is 364 g/mol. The lowest BCUT2D eigenvalue weighted by Crippen LogP contribution is -2.29. The zero-order chi connectivity index (χ0) is 16.4. The molecule has 1 amide bonds. The van der Waals surface area contributed by atoms with Crippen LogP contribution < -0.4 is 14.8 Å². The molecule has 1 aromatic heterocycles. The summed E-state index contributed by atoms with van der Waals surface area (Å²) in [4.78, 5) is 16.0. The normalized spacial score (nSPS) is 16.7. The van der Waals surface area contributed by atoms with Crippen LogP contribution in [-0.2, 0) is 4.79 Å². The van der Waals surface area contributed by atoms with Crippen molar-refractivity contribution in [3.05, 3.63) is 28.5 Å². The Morgan fingerprint density at radius 1 is 1.30 bits per heavy atom. The maximum Gasteiger partial charge on any atom is 0.229 e. The molecule has 1 aliphatic rings. The number of amides is 1. The van der Waals surface area contributed by atoms with E-state index in [-0.39, 0.29) is 18.4 Å². The van der Waals surface area contributed by atoms with Gasteiger partial charge in [-0.15, -0.1) is 0 Å². The van der Waals surface area contributed by atoms with E-state index in [9.17, 15) is 4.79 Å². The second-order valence-electron chi connectivity index (χ2n) is 4.98. The summed E-state index contributed by atoms with van der Waals surface area (Å²) < 4.78 is 13.8. The van der Waals surface area contributed by atoms with Crippen LogP contribution in [0.4, 0.5) is 5.95 Å². The van der Waals surface area contributed by atoms with Gasteiger partial charge in [-0.3, -0.25) is 10.1 Å². The van der Waals surface area contributed by atoms with Gasteiger partial charge < -0.3 is 9.47 Å². The van der Waals surface area contributed by atoms with Crippen LogP contribution in [0.15, 0.2) is 22.9 Å². The lowest BCUT2D eigenvalue weighted by molar-refractivity contribution is -0.117. The van der Waals surface area contributed by atoms with E-state index in [1.165, 1.54) is 6.33 Å². The van der Waals surface area contributed by atoms with E-state index in [0.29, 0.717) is 30.7 Å². The molecule has 1 N–H and O–H groups in total. The monoisotopic (exact) mass is 380 g/mol. The van der Waals surface area contributed by atoms with E-state index >= 15 is 0 Å². The molecule has 23 heavy (non-hydrogen) atoms. The average molecular weight is 381 g/mol. The number of fused-ring (bicyclic) bond motifs is 1. The lowest BCUT2D eigenvalue weighted by Gasteiger charge is -2.25. The number of carbonyl (C=O) groups is 1. The second-order valence-corrected chi connectivity index (χ2v) is 5.84. The fourth-order valence-electron chi connectivity index (χ4n) is 2.59. The van der Waals surface area contributed by atoms with Gasteiger partial charge in [0, 0.05) is 4.47 Å². The first kappa shape index (κ1) is 15.8. The zero-order valence-corrected chi connectivity index (χ0v) is 14.5. The number of benzene rings is 1. The van der Waals surface area contributed by atoms with Crippen LogP contribution >= 0.6 is 15.9 Å². The van der Waals surface area contributed by atoms with Crippen molar-refractivity contribution in [3.63, 3.8) is 0 Å². The summed E-state index contributed by atoms with van der Waals surface area (Å²) >= 11 is 3.57. The predicted molar refractivity (Wildman–Crippen MR) is 87.9 cm³/mol. The number of carbonyl (C=O) groups excluding carboxylic acids is 1. The fourth-order valence-corrected chi connectivity index (χ4v) is 3.18. The summed E-state index contributed by atoms with van der Waals surface area (Å²) in [6.45, 7) is 4.91. The highest BCUT2D eigenvalue weighted by Gasteiger charge is 2.30. The Kier molecular flexibility index (Phi) is 4.51. The molecule has 3 rings (SSSR count). The van der Waals surface area contributed by atoms with Crippen LogP contribution in [-0.4, -0.2) is 33.9 Å². The predicted octanol–water partition coefficient (Wildman–Crippen LogP) is 2.77. The van der Waals surface area contributed by atoms with Crippen molar-refractivity contribution in [2.24, 2.45) is 0 Å². The van der Waals surface area contributed by atoms with Gasteiger partial charge in [0.15, 0.2) is 11.5 Å². The highest BCUT2D eigenvalue weighted by atomic mass is 79.9. The molecule has 0 saturated carbocycles. The van der Waals surface area contributed by atoms with E-state index in [2.05, 4.69) is 31.3 Å². The Balaban J connectivity index is 2.06. The molecule has 1 aromatic carbocycles. The fraction of sp³-hybridized carbons (Fsp3) is 0.400. The van der Waals surface area contributed by atoms with Crippen molar-refractivity contribution in [3.8, 4) is 11.5 Å². The Bertz CT molecular complexity index is 732. The summed E-state index contributed by atoms with van der Waals surface area (Å²) in [6, 6.07) is 3.52. The minimum Gasteiger partial charge on any atom is -0.490 e. The first-order chi connectivity index (χ1) is 11.1. The van der Waals surface area contributed by atoms with Crippen LogP contribution in [0, 0.1) is 0 Å². The molecule has 2 heterocycles. The standard InChI is InChI=1S/C15H17BrN4O3/c1-3-22-12-5-9(10(16)6-13(12)23-4-2)11-7-14(21)19-15-17-8-18-20(11)15/h5-6,8,11H,3-4,7H2,1-2H3,(H,17,18,19,21)/t11-/m1/s1. The van der Waals surface area contributed by atoms with Gasteiger partial charge in [-0.25, -0.2) is 4.68 Å². The minimum atomic E-state index is -0.245. The Hall–Kier alpha value is -2.09. The summed E-state index contributed by atoms with van der Waals surface area (Å²) in [5.74, 6) is 1.68. The SMILES string of the molecule is CCOc1cc(Br)c([C@H]2CC(=O)Nc3ncnn32)cc1OCC. The van der Waals surface area contributed by atoms with E-state index in [1.807, 2.05) is 26.0 Å². The molecule has 0 saturated heterocycles. The molecule has 1 aliphatic heterocycles. The van der Waals surface area contributed by atoms with Gasteiger partial charge in [0.25, 0.3) is 0 Å². The molecule has 0 spiro atoms. The van der Waals surface area contributed by atoms with Crippen molar-refractivity contribution >= 4 is 27.8 Å². The van der Waals surface area contributed by atoms with Crippen LogP contribution in [0.5, 0.6) is 11.5 Å². The molecular formula is C15H17BrN4O3. The molecule has 2 aromatic rings. The van der Waals surface area contributed by atoms with Crippen LogP contribution in [0.2, 0.25) is 0 Å². The molecule has 0 radical (unpaired) electrons. The smallest absolute Gasteiger partial charge is 0.229 e. The van der Waals surface area contributed by atoms with Gasteiger partial charge in [-0.05, 0) is 31.5 Å². The molecule has 0 fully saturated rings. The number of hydrogen-bond acceptors (Lipinski definition) is 5. The number of nitrogens with zero attached hydrogens (tertiary/aromatic N) is 3. The van der Waals surface area contributed by atoms with Crippen LogP contribution in [0.25, 0.3) is 0 Å². The van der Waals surface area contributed by atoms with Crippen molar-refractivity contribution in [2.75, 3.05) is 18.5 Å². The quantitative estimate of drug-likeness (QED) is 0.862. The third-order valence-corrected chi connectivity index (χ3v) is 4.21. The maximum absolute atomic E-state index is 11.9. The Morgan fingerprint density at radius 3 is 2.70 bits per heavy atom. The summed E-state index contributed by atoms with van der Waals surface area (Å²) in [5.41, 5.74) is 0.901. The molecule has 8 heteroatoms. The molecule has 7 nitrogen and oxygen atoms in total. The second kappa shape index (κ2) is 6.57. The van der Waals surface area contributed by atoms with E-state index in [0.717, 1.165) is 10.0 Å². The number of rotatable bonds is 5. The Labute approximate surface area is 142 Å². The van der Waals surface area contributed by atoms with Gasteiger partial charge in [0.2, 0.25) is 11.9 Å². The first-order valence-corrected chi connectivity index (χ1v) is 8.21. The Morgan fingerprint density at radius 2 is 2.00 bits per heavy atom.